The third-order valence-corrected chi connectivity index (χ3v) is 3.82. The largest absolute Gasteiger partial charge is 0.519 e. The fraction of sp³-hybridized carbons (Fsp3) is 0.0556. The van der Waals surface area contributed by atoms with Gasteiger partial charge < -0.3 is 14.2 Å². The second kappa shape index (κ2) is 7.19. The van der Waals surface area contributed by atoms with Crippen LogP contribution in [0.15, 0.2) is 68.7 Å². The van der Waals surface area contributed by atoms with Crippen molar-refractivity contribution in [1.29, 1.82) is 0 Å². The van der Waals surface area contributed by atoms with Crippen LogP contribution in [0.3, 0.4) is 0 Å². The fourth-order valence-corrected chi connectivity index (χ4v) is 2.60. The van der Waals surface area contributed by atoms with Crippen molar-refractivity contribution in [2.75, 3.05) is 10.7 Å². The molecule has 0 fully saturated rings. The Morgan fingerprint density at radius 3 is 2.61 bits per heavy atom. The summed E-state index contributed by atoms with van der Waals surface area (Å²) < 4.78 is 11.0. The van der Waals surface area contributed by atoms with Gasteiger partial charge in [0.25, 0.3) is 5.91 Å². The van der Waals surface area contributed by atoms with E-state index in [2.05, 4.69) is 20.9 Å². The minimum absolute atomic E-state index is 0.0575. The number of fused-ring (bicyclic) bond motifs is 1. The average molecular weight is 379 g/mol. The zero-order valence-corrected chi connectivity index (χ0v) is 14.3. The van der Waals surface area contributed by atoms with Crippen LogP contribution in [0.25, 0.3) is 11.2 Å². The summed E-state index contributed by atoms with van der Waals surface area (Å²) in [6.07, 6.45) is 2.76. The molecule has 0 aliphatic rings. The van der Waals surface area contributed by atoms with E-state index in [0.717, 1.165) is 0 Å². The smallest absolute Gasteiger partial charge is 0.391 e. The van der Waals surface area contributed by atoms with Crippen molar-refractivity contribution < 1.29 is 18.4 Å². The summed E-state index contributed by atoms with van der Waals surface area (Å²) in [7, 11) is 0. The Morgan fingerprint density at radius 1 is 1.00 bits per heavy atom. The maximum atomic E-state index is 12.3. The first-order valence-electron chi connectivity index (χ1n) is 8.15. The number of carbonyl (C=O) groups excluding carboxylic acids is 2. The van der Waals surface area contributed by atoms with Gasteiger partial charge in [-0.3, -0.25) is 15.0 Å². The highest BCUT2D eigenvalue weighted by Gasteiger charge is 2.11. The molecule has 10 heteroatoms. The molecule has 2 N–H and O–H groups in total. The molecule has 4 rings (SSSR count). The van der Waals surface area contributed by atoms with Crippen LogP contribution in [0.1, 0.15) is 15.9 Å². The number of hydrogen-bond donors (Lipinski definition) is 2. The molecule has 0 aliphatic heterocycles. The van der Waals surface area contributed by atoms with Gasteiger partial charge in [-0.1, -0.05) is 12.1 Å². The SMILES string of the molecule is O=C(Cc1ccc2oc(=O)oc2c1)Nc1cccc(C(=O)Nn2cnnc2)c1. The number of hydrogen-bond acceptors (Lipinski definition) is 7. The number of carbonyl (C=O) groups is 2. The summed E-state index contributed by atoms with van der Waals surface area (Å²) in [5.74, 6) is -1.46. The average Bonchev–Trinajstić information content (AvgIpc) is 3.30. The summed E-state index contributed by atoms with van der Waals surface area (Å²) in [5, 5.41) is 9.93. The molecule has 0 saturated heterocycles. The Hall–Kier alpha value is -4.21. The number of rotatable bonds is 5. The van der Waals surface area contributed by atoms with Gasteiger partial charge in [-0.2, -0.15) is 0 Å². The highest BCUT2D eigenvalue weighted by molar-refractivity contribution is 6.01. The quantitative estimate of drug-likeness (QED) is 0.537. The zero-order chi connectivity index (χ0) is 19.5. The molecule has 0 spiro atoms. The Morgan fingerprint density at radius 2 is 1.79 bits per heavy atom. The lowest BCUT2D eigenvalue weighted by Crippen LogP contribution is -2.22. The molecule has 0 atom stereocenters. The highest BCUT2D eigenvalue weighted by atomic mass is 16.6. The van der Waals surface area contributed by atoms with E-state index in [9.17, 15) is 14.4 Å². The molecule has 0 aliphatic carbocycles. The van der Waals surface area contributed by atoms with Crippen LogP contribution in [-0.2, 0) is 11.2 Å². The number of amides is 2. The van der Waals surface area contributed by atoms with Crippen molar-refractivity contribution in [1.82, 2.24) is 14.9 Å². The molecular formula is C18H13N5O5. The molecule has 2 aromatic heterocycles. The van der Waals surface area contributed by atoms with Crippen molar-refractivity contribution >= 4 is 28.7 Å². The first-order chi connectivity index (χ1) is 13.6. The molecular weight excluding hydrogens is 366 g/mol. The molecule has 2 aromatic carbocycles. The molecule has 2 heterocycles. The Labute approximate surface area is 156 Å². The van der Waals surface area contributed by atoms with Crippen LogP contribution in [0.5, 0.6) is 0 Å². The maximum Gasteiger partial charge on any atom is 0.519 e. The lowest BCUT2D eigenvalue weighted by molar-refractivity contribution is -0.115. The Kier molecular flexibility index (Phi) is 4.42. The van der Waals surface area contributed by atoms with Crippen molar-refractivity contribution in [2.24, 2.45) is 0 Å². The van der Waals surface area contributed by atoms with Gasteiger partial charge in [-0.05, 0) is 35.9 Å². The normalized spacial score (nSPS) is 10.7. The second-order valence-corrected chi connectivity index (χ2v) is 5.85. The van der Waals surface area contributed by atoms with E-state index in [4.69, 9.17) is 8.83 Å². The minimum Gasteiger partial charge on any atom is -0.391 e. The summed E-state index contributed by atoms with van der Waals surface area (Å²) in [5.41, 5.74) is 4.65. The van der Waals surface area contributed by atoms with Crippen molar-refractivity contribution in [3.63, 3.8) is 0 Å². The van der Waals surface area contributed by atoms with Crippen LogP contribution in [-0.4, -0.2) is 26.7 Å². The fourth-order valence-electron chi connectivity index (χ4n) is 2.60. The number of benzene rings is 2. The van der Waals surface area contributed by atoms with Gasteiger partial charge >= 0.3 is 5.82 Å². The first kappa shape index (κ1) is 17.2. The van der Waals surface area contributed by atoms with Crippen LogP contribution in [0.4, 0.5) is 5.69 Å². The van der Waals surface area contributed by atoms with Crippen molar-refractivity contribution in [3.8, 4) is 0 Å². The van der Waals surface area contributed by atoms with E-state index in [1.54, 1.807) is 42.5 Å². The molecule has 28 heavy (non-hydrogen) atoms. The lowest BCUT2D eigenvalue weighted by Gasteiger charge is -2.08. The molecule has 0 radical (unpaired) electrons. The number of anilines is 1. The first-order valence-corrected chi connectivity index (χ1v) is 8.15. The number of nitrogens with zero attached hydrogens (tertiary/aromatic N) is 3. The van der Waals surface area contributed by atoms with Gasteiger partial charge in [0.1, 0.15) is 12.7 Å². The van der Waals surface area contributed by atoms with Gasteiger partial charge in [0.05, 0.1) is 6.42 Å². The van der Waals surface area contributed by atoms with E-state index >= 15 is 0 Å². The predicted octanol–water partition coefficient (Wildman–Crippen LogP) is 1.54. The molecule has 2 amide bonds. The van der Waals surface area contributed by atoms with Gasteiger partial charge in [-0.25, -0.2) is 9.47 Å². The molecule has 0 unspecified atom stereocenters. The summed E-state index contributed by atoms with van der Waals surface area (Å²) in [6.45, 7) is 0. The maximum absolute atomic E-state index is 12.3. The van der Waals surface area contributed by atoms with Crippen LogP contribution in [0.2, 0.25) is 0 Å². The van der Waals surface area contributed by atoms with E-state index in [1.807, 2.05) is 0 Å². The van der Waals surface area contributed by atoms with Crippen LogP contribution >= 0.6 is 0 Å². The van der Waals surface area contributed by atoms with Gasteiger partial charge in [0.15, 0.2) is 11.2 Å². The highest BCUT2D eigenvalue weighted by Crippen LogP contribution is 2.16. The van der Waals surface area contributed by atoms with Gasteiger partial charge in [0, 0.05) is 11.3 Å². The standard InChI is InChI=1S/C18H13N5O5/c24-16(7-11-4-5-14-15(6-11)28-18(26)27-14)21-13-3-1-2-12(8-13)17(25)22-23-9-19-20-10-23/h1-6,8-10H,7H2,(H,21,24)(H,22,25). The number of aromatic nitrogens is 3. The van der Waals surface area contributed by atoms with E-state index in [0.29, 0.717) is 22.4 Å². The second-order valence-electron chi connectivity index (χ2n) is 5.85. The molecule has 140 valence electrons. The van der Waals surface area contributed by atoms with Gasteiger partial charge in [-0.15, -0.1) is 10.2 Å². The number of nitrogens with one attached hydrogen (secondary N) is 2. The summed E-state index contributed by atoms with van der Waals surface area (Å²) >= 11 is 0. The van der Waals surface area contributed by atoms with Crippen molar-refractivity contribution in [2.45, 2.75) is 6.42 Å². The third-order valence-electron chi connectivity index (χ3n) is 3.82. The summed E-state index contributed by atoms with van der Waals surface area (Å²) in [6, 6.07) is 11.3. The third kappa shape index (κ3) is 3.80. The Balaban J connectivity index is 1.43. The van der Waals surface area contributed by atoms with Crippen LogP contribution in [0, 0.1) is 0 Å². The topological polar surface area (TPSA) is 132 Å². The zero-order valence-electron chi connectivity index (χ0n) is 14.3. The predicted molar refractivity (Wildman–Crippen MR) is 97.2 cm³/mol. The van der Waals surface area contributed by atoms with Crippen LogP contribution < -0.4 is 16.6 Å². The van der Waals surface area contributed by atoms with E-state index in [1.165, 1.54) is 17.3 Å². The van der Waals surface area contributed by atoms with E-state index < -0.39 is 5.82 Å². The molecule has 4 aromatic rings. The minimum atomic E-state index is -0.793. The summed E-state index contributed by atoms with van der Waals surface area (Å²) in [4.78, 5) is 35.6. The lowest BCUT2D eigenvalue weighted by atomic mass is 10.1. The van der Waals surface area contributed by atoms with E-state index in [-0.39, 0.29) is 23.8 Å². The molecule has 0 bridgehead atoms. The van der Waals surface area contributed by atoms with Gasteiger partial charge in [0.2, 0.25) is 5.91 Å². The molecule has 0 saturated carbocycles. The molecule has 10 nitrogen and oxygen atoms in total. The monoisotopic (exact) mass is 379 g/mol. The Bertz CT molecular complexity index is 1210. The van der Waals surface area contributed by atoms with Crippen molar-refractivity contribution in [3.05, 3.63) is 76.9 Å².